The first-order valence-corrected chi connectivity index (χ1v) is 10.0. The van der Waals surface area contributed by atoms with E-state index in [1.165, 1.54) is 10.4 Å². The monoisotopic (exact) mass is 368 g/mol. The molecular formula is C17H28N4O3S. The number of sulfonamides is 1. The third-order valence-electron chi connectivity index (χ3n) is 4.44. The molecule has 1 atom stereocenters. The van der Waals surface area contributed by atoms with Crippen LogP contribution in [0.25, 0.3) is 0 Å². The molecule has 1 aliphatic rings. The zero-order chi connectivity index (χ0) is 18.6. The first-order valence-electron chi connectivity index (χ1n) is 8.57. The normalized spacial score (nSPS) is 18.8. The molecule has 0 saturated carbocycles. The highest BCUT2D eigenvalue weighted by atomic mass is 32.2. The van der Waals surface area contributed by atoms with E-state index in [0.29, 0.717) is 25.3 Å². The number of hydrogen-bond donors (Lipinski definition) is 2. The van der Waals surface area contributed by atoms with Gasteiger partial charge in [-0.25, -0.2) is 8.42 Å². The Labute approximate surface area is 150 Å². The molecule has 2 rings (SSSR count). The third-order valence-corrected chi connectivity index (χ3v) is 6.33. The van der Waals surface area contributed by atoms with Crippen LogP contribution in [0.15, 0.2) is 29.2 Å². The number of carbonyl (C=O) groups excluding carboxylic acids is 1. The highest BCUT2D eigenvalue weighted by Crippen LogP contribution is 2.21. The molecular weight excluding hydrogens is 340 g/mol. The van der Waals surface area contributed by atoms with Crippen LogP contribution in [0.5, 0.6) is 0 Å². The van der Waals surface area contributed by atoms with Crippen LogP contribution in [0, 0.1) is 5.92 Å². The van der Waals surface area contributed by atoms with Crippen molar-refractivity contribution in [2.75, 3.05) is 38.5 Å². The van der Waals surface area contributed by atoms with Crippen molar-refractivity contribution < 1.29 is 13.2 Å². The molecule has 7 nitrogen and oxygen atoms in total. The second-order valence-corrected chi connectivity index (χ2v) is 8.79. The van der Waals surface area contributed by atoms with E-state index in [9.17, 15) is 13.2 Å². The lowest BCUT2D eigenvalue weighted by Crippen LogP contribution is -2.39. The molecule has 1 amide bonds. The molecule has 0 aromatic heterocycles. The summed E-state index contributed by atoms with van der Waals surface area (Å²) >= 11 is 0. The maximum absolute atomic E-state index is 12.9. The Bertz CT molecular complexity index is 706. The van der Waals surface area contributed by atoms with Gasteiger partial charge in [0.05, 0.1) is 10.9 Å². The van der Waals surface area contributed by atoms with Crippen molar-refractivity contribution in [1.29, 1.82) is 0 Å². The van der Waals surface area contributed by atoms with Crippen molar-refractivity contribution in [3.05, 3.63) is 24.3 Å². The van der Waals surface area contributed by atoms with Crippen LogP contribution in [-0.4, -0.2) is 62.8 Å². The first kappa shape index (κ1) is 19.8. The summed E-state index contributed by atoms with van der Waals surface area (Å²) in [6.45, 7) is 6.28. The number of amides is 1. The van der Waals surface area contributed by atoms with E-state index in [-0.39, 0.29) is 16.7 Å². The van der Waals surface area contributed by atoms with Gasteiger partial charge in [0.2, 0.25) is 15.9 Å². The molecule has 0 spiro atoms. The van der Waals surface area contributed by atoms with Gasteiger partial charge in [-0.05, 0) is 44.1 Å². The fourth-order valence-corrected chi connectivity index (χ4v) is 4.19. The summed E-state index contributed by atoms with van der Waals surface area (Å²) in [6, 6.07) is 5.71. The lowest BCUT2D eigenvalue weighted by molar-refractivity contribution is -0.118. The largest absolute Gasteiger partial charge is 0.325 e. The minimum Gasteiger partial charge on any atom is -0.325 e. The number of rotatable bonds is 5. The van der Waals surface area contributed by atoms with Gasteiger partial charge in [-0.2, -0.15) is 4.31 Å². The van der Waals surface area contributed by atoms with Gasteiger partial charge < -0.3 is 16.0 Å². The van der Waals surface area contributed by atoms with E-state index in [1.54, 1.807) is 18.2 Å². The van der Waals surface area contributed by atoms with Crippen LogP contribution in [0.2, 0.25) is 0 Å². The van der Waals surface area contributed by atoms with Gasteiger partial charge in [-0.15, -0.1) is 0 Å². The van der Waals surface area contributed by atoms with Crippen LogP contribution in [0.3, 0.4) is 0 Å². The molecule has 0 bridgehead atoms. The molecule has 8 heteroatoms. The first-order chi connectivity index (χ1) is 11.7. The fraction of sp³-hybridized carbons (Fsp3) is 0.588. The van der Waals surface area contributed by atoms with Crippen molar-refractivity contribution in [2.24, 2.45) is 11.7 Å². The standard InChI is InChI=1S/C17H28N4O3S/c1-13(2)16(18)17(22)19-14-6-4-7-15(12-14)25(23,24)21-9-5-8-20(3)10-11-21/h4,6-7,12-13,16H,5,8-11,18H2,1-3H3,(H,19,22)/t16-/m0/s1. The number of anilines is 1. The van der Waals surface area contributed by atoms with Crippen LogP contribution in [0.4, 0.5) is 5.69 Å². The summed E-state index contributed by atoms with van der Waals surface area (Å²) in [5.74, 6) is -0.318. The number of nitrogens with two attached hydrogens (primary N) is 1. The van der Waals surface area contributed by atoms with Gasteiger partial charge in [0.1, 0.15) is 0 Å². The van der Waals surface area contributed by atoms with Gasteiger partial charge in [0.15, 0.2) is 0 Å². The second-order valence-electron chi connectivity index (χ2n) is 6.85. The quantitative estimate of drug-likeness (QED) is 0.806. The number of benzene rings is 1. The summed E-state index contributed by atoms with van der Waals surface area (Å²) in [6.07, 6.45) is 0.801. The molecule has 1 aromatic rings. The third kappa shape index (κ3) is 5.01. The molecule has 1 saturated heterocycles. The van der Waals surface area contributed by atoms with Gasteiger partial charge >= 0.3 is 0 Å². The summed E-state index contributed by atoms with van der Waals surface area (Å²) in [5.41, 5.74) is 6.27. The minimum atomic E-state index is -3.58. The molecule has 0 radical (unpaired) electrons. The van der Waals surface area contributed by atoms with E-state index in [4.69, 9.17) is 5.73 Å². The zero-order valence-corrected chi connectivity index (χ0v) is 15.9. The lowest BCUT2D eigenvalue weighted by atomic mass is 10.1. The maximum atomic E-state index is 12.9. The minimum absolute atomic E-state index is 0.000930. The lowest BCUT2D eigenvalue weighted by Gasteiger charge is -2.21. The van der Waals surface area contributed by atoms with Gasteiger partial charge in [0.25, 0.3) is 0 Å². The Kier molecular flexibility index (Phi) is 6.56. The smallest absolute Gasteiger partial charge is 0.243 e. The topological polar surface area (TPSA) is 95.7 Å². The van der Waals surface area contributed by atoms with Gasteiger partial charge in [-0.1, -0.05) is 19.9 Å². The summed E-state index contributed by atoms with van der Waals surface area (Å²) in [4.78, 5) is 14.4. The summed E-state index contributed by atoms with van der Waals surface area (Å²) < 4.78 is 27.3. The van der Waals surface area contributed by atoms with Gasteiger partial charge in [-0.3, -0.25) is 4.79 Å². The van der Waals surface area contributed by atoms with Crippen molar-refractivity contribution in [3.8, 4) is 0 Å². The Morgan fingerprint density at radius 1 is 1.20 bits per heavy atom. The molecule has 1 aliphatic heterocycles. The molecule has 1 aromatic carbocycles. The van der Waals surface area contributed by atoms with Crippen LogP contribution < -0.4 is 11.1 Å². The van der Waals surface area contributed by atoms with Crippen LogP contribution >= 0.6 is 0 Å². The Balaban J connectivity index is 2.18. The van der Waals surface area contributed by atoms with Crippen molar-refractivity contribution in [3.63, 3.8) is 0 Å². The number of nitrogens with zero attached hydrogens (tertiary/aromatic N) is 2. The molecule has 25 heavy (non-hydrogen) atoms. The number of likely N-dealkylation sites (N-methyl/N-ethyl adjacent to an activating group) is 1. The van der Waals surface area contributed by atoms with Gasteiger partial charge in [0, 0.05) is 25.3 Å². The molecule has 0 aliphatic carbocycles. The molecule has 140 valence electrons. The average Bonchev–Trinajstić information content (AvgIpc) is 2.79. The van der Waals surface area contributed by atoms with E-state index in [1.807, 2.05) is 20.9 Å². The number of hydrogen-bond acceptors (Lipinski definition) is 5. The van der Waals surface area contributed by atoms with E-state index < -0.39 is 16.1 Å². The molecule has 3 N–H and O–H groups in total. The van der Waals surface area contributed by atoms with E-state index in [2.05, 4.69) is 10.2 Å². The highest BCUT2D eigenvalue weighted by Gasteiger charge is 2.26. The van der Waals surface area contributed by atoms with Crippen LogP contribution in [0.1, 0.15) is 20.3 Å². The molecule has 1 heterocycles. The maximum Gasteiger partial charge on any atom is 0.243 e. The number of carbonyl (C=O) groups is 1. The van der Waals surface area contributed by atoms with Crippen molar-refractivity contribution in [2.45, 2.75) is 31.2 Å². The molecule has 0 unspecified atom stereocenters. The molecule has 1 fully saturated rings. The summed E-state index contributed by atoms with van der Waals surface area (Å²) in [7, 11) is -1.59. The van der Waals surface area contributed by atoms with Crippen LogP contribution in [-0.2, 0) is 14.8 Å². The Morgan fingerprint density at radius 2 is 1.92 bits per heavy atom. The average molecular weight is 369 g/mol. The second kappa shape index (κ2) is 8.27. The predicted octanol–water partition coefficient (Wildman–Crippen LogP) is 0.935. The van der Waals surface area contributed by atoms with Crippen molar-refractivity contribution >= 4 is 21.6 Å². The predicted molar refractivity (Wildman–Crippen MR) is 98.8 cm³/mol. The van der Waals surface area contributed by atoms with E-state index >= 15 is 0 Å². The zero-order valence-electron chi connectivity index (χ0n) is 15.1. The number of nitrogens with one attached hydrogen (secondary N) is 1. The Morgan fingerprint density at radius 3 is 2.60 bits per heavy atom. The fourth-order valence-electron chi connectivity index (χ4n) is 2.67. The van der Waals surface area contributed by atoms with Crippen molar-refractivity contribution in [1.82, 2.24) is 9.21 Å². The highest BCUT2D eigenvalue weighted by molar-refractivity contribution is 7.89. The SMILES string of the molecule is CC(C)[C@H](N)C(=O)Nc1cccc(S(=O)(=O)N2CCCN(C)CC2)c1. The Hall–Kier alpha value is -1.48. The summed E-state index contributed by atoms with van der Waals surface area (Å²) in [5, 5.41) is 2.70. The van der Waals surface area contributed by atoms with E-state index in [0.717, 1.165) is 13.0 Å².